The minimum absolute atomic E-state index is 0.0452. The Morgan fingerprint density at radius 1 is 0.892 bits per heavy atom. The van der Waals surface area contributed by atoms with Gasteiger partial charge in [0.15, 0.2) is 0 Å². The number of sulfone groups is 2. The molecule has 0 saturated heterocycles. The fourth-order valence-corrected chi connectivity index (χ4v) is 8.10. The minimum Gasteiger partial charge on any atom is -0.497 e. The van der Waals surface area contributed by atoms with Crippen LogP contribution in [0.15, 0.2) is 97.8 Å². The summed E-state index contributed by atoms with van der Waals surface area (Å²) in [7, 11) is -7.46. The van der Waals surface area contributed by atoms with Gasteiger partial charge in [-0.3, -0.25) is 0 Å². The highest BCUT2D eigenvalue weighted by atomic mass is 32.2. The van der Waals surface area contributed by atoms with E-state index in [9.17, 15) is 21.2 Å². The van der Waals surface area contributed by atoms with Crippen LogP contribution in [-0.2, 0) is 26.2 Å². The fourth-order valence-electron chi connectivity index (χ4n) is 3.84. The number of hydrogen-bond acceptors (Lipinski definition) is 7. The standard InChI is InChI=1S/C27H26FNO5S3/c1-18-14-15-35-24(18)17-29-19(2)20-8-11-22(12-9-20)36(30,31)26-13-10-21(34-3)16-27(26)37(32,33)25-7-5-4-6-23(25)28/h4-16,19,29H,17H2,1-3H3/t19-/m0/s1. The lowest BCUT2D eigenvalue weighted by Crippen LogP contribution is -2.18. The second kappa shape index (κ2) is 10.7. The van der Waals surface area contributed by atoms with Gasteiger partial charge in [-0.1, -0.05) is 24.3 Å². The highest BCUT2D eigenvalue weighted by molar-refractivity contribution is 7.94. The quantitative estimate of drug-likeness (QED) is 0.282. The van der Waals surface area contributed by atoms with Crippen LogP contribution >= 0.6 is 11.3 Å². The van der Waals surface area contributed by atoms with E-state index in [2.05, 4.69) is 18.3 Å². The van der Waals surface area contributed by atoms with Crippen molar-refractivity contribution in [1.82, 2.24) is 5.32 Å². The first-order valence-corrected chi connectivity index (χ1v) is 15.2. The van der Waals surface area contributed by atoms with Crippen molar-refractivity contribution in [1.29, 1.82) is 0 Å². The van der Waals surface area contributed by atoms with E-state index in [0.717, 1.165) is 23.8 Å². The molecule has 0 bridgehead atoms. The van der Waals surface area contributed by atoms with E-state index < -0.39 is 40.2 Å². The molecule has 1 atom stereocenters. The van der Waals surface area contributed by atoms with Crippen molar-refractivity contribution in [2.45, 2.75) is 46.0 Å². The third-order valence-electron chi connectivity index (χ3n) is 6.08. The van der Waals surface area contributed by atoms with Crippen molar-refractivity contribution in [3.05, 3.63) is 100.0 Å². The molecule has 0 radical (unpaired) electrons. The molecule has 1 aromatic heterocycles. The third-order valence-corrected chi connectivity index (χ3v) is 10.9. The Labute approximate surface area is 220 Å². The van der Waals surface area contributed by atoms with Gasteiger partial charge in [0.1, 0.15) is 16.5 Å². The zero-order chi connectivity index (χ0) is 26.8. The molecule has 4 rings (SSSR count). The predicted molar refractivity (Wildman–Crippen MR) is 141 cm³/mol. The Morgan fingerprint density at radius 3 is 2.22 bits per heavy atom. The summed E-state index contributed by atoms with van der Waals surface area (Å²) in [6, 6.07) is 16.8. The molecule has 0 amide bonds. The summed E-state index contributed by atoms with van der Waals surface area (Å²) in [5.74, 6) is -0.845. The van der Waals surface area contributed by atoms with E-state index >= 15 is 0 Å². The average Bonchev–Trinajstić information content (AvgIpc) is 3.31. The summed E-state index contributed by atoms with van der Waals surface area (Å²) in [6.45, 7) is 4.72. The van der Waals surface area contributed by atoms with Crippen molar-refractivity contribution in [2.24, 2.45) is 0 Å². The molecule has 0 saturated carbocycles. The molecule has 1 N–H and O–H groups in total. The van der Waals surface area contributed by atoms with Crippen LogP contribution in [0, 0.1) is 12.7 Å². The van der Waals surface area contributed by atoms with Gasteiger partial charge in [0.25, 0.3) is 0 Å². The summed E-state index contributed by atoms with van der Waals surface area (Å²) >= 11 is 1.67. The van der Waals surface area contributed by atoms with Crippen LogP contribution in [0.1, 0.15) is 29.0 Å². The maximum absolute atomic E-state index is 14.4. The lowest BCUT2D eigenvalue weighted by atomic mass is 10.1. The number of nitrogens with one attached hydrogen (secondary N) is 1. The van der Waals surface area contributed by atoms with Crippen LogP contribution in [0.5, 0.6) is 5.75 Å². The molecule has 1 heterocycles. The lowest BCUT2D eigenvalue weighted by Gasteiger charge is -2.16. The molecule has 0 aliphatic carbocycles. The number of hydrogen-bond donors (Lipinski definition) is 1. The first-order chi connectivity index (χ1) is 17.6. The van der Waals surface area contributed by atoms with Gasteiger partial charge in [0.05, 0.1) is 21.8 Å². The smallest absolute Gasteiger partial charge is 0.210 e. The van der Waals surface area contributed by atoms with Gasteiger partial charge in [0.2, 0.25) is 19.7 Å². The number of halogens is 1. The second-order valence-electron chi connectivity index (χ2n) is 8.45. The zero-order valence-electron chi connectivity index (χ0n) is 20.4. The highest BCUT2D eigenvalue weighted by Crippen LogP contribution is 2.35. The number of thiophene rings is 1. The van der Waals surface area contributed by atoms with Gasteiger partial charge < -0.3 is 10.1 Å². The SMILES string of the molecule is COc1ccc(S(=O)(=O)c2ccc([C@H](C)NCc3sccc3C)cc2)c(S(=O)(=O)c2ccccc2F)c1. The maximum Gasteiger partial charge on any atom is 0.210 e. The van der Waals surface area contributed by atoms with Crippen LogP contribution in [0.25, 0.3) is 0 Å². The molecule has 194 valence electrons. The molecule has 0 fully saturated rings. The summed E-state index contributed by atoms with van der Waals surface area (Å²) < 4.78 is 73.6. The van der Waals surface area contributed by atoms with E-state index in [1.807, 2.05) is 12.3 Å². The number of ether oxygens (including phenoxy) is 1. The van der Waals surface area contributed by atoms with Crippen LogP contribution in [-0.4, -0.2) is 23.9 Å². The number of rotatable bonds is 9. The minimum atomic E-state index is -4.52. The van der Waals surface area contributed by atoms with Crippen molar-refractivity contribution >= 4 is 31.0 Å². The van der Waals surface area contributed by atoms with Gasteiger partial charge in [-0.2, -0.15) is 0 Å². The van der Waals surface area contributed by atoms with E-state index in [-0.39, 0.29) is 16.7 Å². The molecule has 3 aromatic carbocycles. The monoisotopic (exact) mass is 559 g/mol. The Morgan fingerprint density at radius 2 is 1.59 bits per heavy atom. The van der Waals surface area contributed by atoms with E-state index in [4.69, 9.17) is 4.74 Å². The van der Waals surface area contributed by atoms with Crippen LogP contribution in [0.2, 0.25) is 0 Å². The van der Waals surface area contributed by atoms with Gasteiger partial charge in [-0.15, -0.1) is 11.3 Å². The molecule has 0 aliphatic heterocycles. The van der Waals surface area contributed by atoms with Crippen molar-refractivity contribution < 1.29 is 26.0 Å². The van der Waals surface area contributed by atoms with Crippen molar-refractivity contribution in [3.8, 4) is 5.75 Å². The fraction of sp³-hybridized carbons (Fsp3) is 0.185. The van der Waals surface area contributed by atoms with Gasteiger partial charge in [-0.25, -0.2) is 21.2 Å². The molecule has 0 spiro atoms. The topological polar surface area (TPSA) is 89.5 Å². The number of aryl methyl sites for hydroxylation is 1. The Balaban J connectivity index is 1.69. The number of benzene rings is 3. The Hall–Kier alpha value is -3.05. The van der Waals surface area contributed by atoms with Crippen LogP contribution in [0.4, 0.5) is 4.39 Å². The van der Waals surface area contributed by atoms with E-state index in [1.54, 1.807) is 23.5 Å². The molecular weight excluding hydrogens is 533 g/mol. The largest absolute Gasteiger partial charge is 0.497 e. The first kappa shape index (κ1) is 27.0. The van der Waals surface area contributed by atoms with E-state index in [0.29, 0.717) is 6.54 Å². The van der Waals surface area contributed by atoms with E-state index in [1.165, 1.54) is 53.9 Å². The maximum atomic E-state index is 14.4. The van der Waals surface area contributed by atoms with Gasteiger partial charge in [-0.05, 0) is 72.8 Å². The lowest BCUT2D eigenvalue weighted by molar-refractivity contribution is 0.412. The molecule has 37 heavy (non-hydrogen) atoms. The average molecular weight is 560 g/mol. The third kappa shape index (κ3) is 5.47. The van der Waals surface area contributed by atoms with Crippen LogP contribution in [0.3, 0.4) is 0 Å². The molecule has 0 unspecified atom stereocenters. The van der Waals surface area contributed by atoms with Gasteiger partial charge >= 0.3 is 0 Å². The second-order valence-corrected chi connectivity index (χ2v) is 13.3. The molecule has 0 aliphatic rings. The molecular formula is C27H26FNO5S3. The Kier molecular flexibility index (Phi) is 7.84. The Bertz CT molecular complexity index is 1630. The van der Waals surface area contributed by atoms with Crippen LogP contribution < -0.4 is 10.1 Å². The summed E-state index contributed by atoms with van der Waals surface area (Å²) in [5, 5.41) is 5.47. The van der Waals surface area contributed by atoms with Gasteiger partial charge in [0, 0.05) is 23.5 Å². The summed E-state index contributed by atoms with van der Waals surface area (Å²) in [5.41, 5.74) is 2.09. The molecule has 4 aromatic rings. The normalized spacial score (nSPS) is 12.9. The molecule has 10 heteroatoms. The predicted octanol–water partition coefficient (Wildman–Crippen LogP) is 5.72. The highest BCUT2D eigenvalue weighted by Gasteiger charge is 2.31. The zero-order valence-corrected chi connectivity index (χ0v) is 22.9. The van der Waals surface area contributed by atoms with Crippen molar-refractivity contribution in [2.75, 3.05) is 7.11 Å². The summed E-state index contributed by atoms with van der Waals surface area (Å²) in [6.07, 6.45) is 0. The summed E-state index contributed by atoms with van der Waals surface area (Å²) in [4.78, 5) is -0.469. The molecule has 6 nitrogen and oxygen atoms in total. The number of methoxy groups -OCH3 is 1. The van der Waals surface area contributed by atoms with Crippen molar-refractivity contribution in [3.63, 3.8) is 0 Å². The first-order valence-electron chi connectivity index (χ1n) is 11.3.